The molecule has 1 aliphatic heterocycles. The molecule has 156 valence electrons. The standard InChI is InChI=1S/C22H29N3O4/c1-3-4-8-16-10-12-17(13-11-16)23-19(26)14-24-20(27)21(28)25(22(24)29)18-9-6-5-7-15(18)2/h10-13,15,18H,3-9,14H2,1-2H3,(H,23,26)/t15-,18-/m0/s1. The molecule has 2 fully saturated rings. The number of nitrogens with zero attached hydrogens (tertiary/aromatic N) is 2. The van der Waals surface area contributed by atoms with Crippen molar-refractivity contribution in [2.45, 2.75) is 64.8 Å². The number of imide groups is 2. The SMILES string of the molecule is CCCCc1ccc(NC(=O)CN2C(=O)C(=O)N([C@H]3CCCC[C@@H]3C)C2=O)cc1. The van der Waals surface area contributed by atoms with Crippen LogP contribution in [0, 0.1) is 5.92 Å². The summed E-state index contributed by atoms with van der Waals surface area (Å²) >= 11 is 0. The number of urea groups is 1. The minimum Gasteiger partial charge on any atom is -0.325 e. The number of benzene rings is 1. The van der Waals surface area contributed by atoms with Crippen LogP contribution in [0.15, 0.2) is 24.3 Å². The van der Waals surface area contributed by atoms with E-state index in [0.717, 1.165) is 48.3 Å². The molecule has 1 saturated carbocycles. The number of amides is 5. The summed E-state index contributed by atoms with van der Waals surface area (Å²) in [5, 5.41) is 2.70. The quantitative estimate of drug-likeness (QED) is 0.563. The Bertz CT molecular complexity index is 790. The van der Waals surface area contributed by atoms with E-state index >= 15 is 0 Å². The predicted molar refractivity (Wildman–Crippen MR) is 109 cm³/mol. The number of unbranched alkanes of at least 4 members (excludes halogenated alkanes) is 1. The number of rotatable bonds is 7. The van der Waals surface area contributed by atoms with Crippen molar-refractivity contribution in [3.63, 3.8) is 0 Å². The Morgan fingerprint density at radius 2 is 1.76 bits per heavy atom. The zero-order chi connectivity index (χ0) is 21.0. The minimum atomic E-state index is -0.919. The molecule has 1 aromatic rings. The first-order valence-corrected chi connectivity index (χ1v) is 10.5. The number of nitrogens with one attached hydrogen (secondary N) is 1. The summed E-state index contributed by atoms with van der Waals surface area (Å²) in [6.45, 7) is 3.67. The molecule has 1 aliphatic carbocycles. The van der Waals surface area contributed by atoms with Gasteiger partial charge in [0.25, 0.3) is 0 Å². The van der Waals surface area contributed by atoms with Gasteiger partial charge in [0.05, 0.1) is 0 Å². The van der Waals surface area contributed by atoms with Crippen molar-refractivity contribution in [3.8, 4) is 0 Å². The number of aryl methyl sites for hydroxylation is 1. The van der Waals surface area contributed by atoms with Crippen LogP contribution < -0.4 is 5.32 Å². The maximum Gasteiger partial charge on any atom is 0.334 e. The highest BCUT2D eigenvalue weighted by molar-refractivity contribution is 6.45. The molecule has 0 bridgehead atoms. The molecule has 29 heavy (non-hydrogen) atoms. The lowest BCUT2D eigenvalue weighted by atomic mass is 9.85. The first-order chi connectivity index (χ1) is 13.9. The monoisotopic (exact) mass is 399 g/mol. The van der Waals surface area contributed by atoms with Crippen LogP contribution in [-0.4, -0.2) is 46.1 Å². The lowest BCUT2D eigenvalue weighted by molar-refractivity contribution is -0.145. The third kappa shape index (κ3) is 4.66. The van der Waals surface area contributed by atoms with Crippen LogP contribution in [0.4, 0.5) is 10.5 Å². The molecule has 1 aromatic carbocycles. The van der Waals surface area contributed by atoms with E-state index in [1.807, 2.05) is 19.1 Å². The molecule has 1 heterocycles. The Balaban J connectivity index is 1.61. The van der Waals surface area contributed by atoms with Gasteiger partial charge in [0.15, 0.2) is 0 Å². The molecule has 0 unspecified atom stereocenters. The molecule has 1 N–H and O–H groups in total. The first-order valence-electron chi connectivity index (χ1n) is 10.5. The fourth-order valence-corrected chi connectivity index (χ4v) is 4.11. The number of anilines is 1. The number of carbonyl (C=O) groups is 4. The highest BCUT2D eigenvalue weighted by Gasteiger charge is 2.49. The van der Waals surface area contributed by atoms with E-state index in [2.05, 4.69) is 12.2 Å². The second-order valence-corrected chi connectivity index (χ2v) is 8.03. The van der Waals surface area contributed by atoms with Crippen LogP contribution in [0.25, 0.3) is 0 Å². The zero-order valence-electron chi connectivity index (χ0n) is 17.1. The van der Waals surface area contributed by atoms with Crippen molar-refractivity contribution >= 4 is 29.4 Å². The summed E-state index contributed by atoms with van der Waals surface area (Å²) < 4.78 is 0. The summed E-state index contributed by atoms with van der Waals surface area (Å²) in [5.41, 5.74) is 1.79. The topological polar surface area (TPSA) is 86.8 Å². The molecule has 2 atom stereocenters. The van der Waals surface area contributed by atoms with Crippen LogP contribution in [0.1, 0.15) is 57.9 Å². The van der Waals surface area contributed by atoms with E-state index in [0.29, 0.717) is 12.1 Å². The van der Waals surface area contributed by atoms with E-state index in [1.54, 1.807) is 12.1 Å². The van der Waals surface area contributed by atoms with Gasteiger partial charge in [-0.3, -0.25) is 19.3 Å². The van der Waals surface area contributed by atoms with Crippen molar-refractivity contribution in [2.75, 3.05) is 11.9 Å². The third-order valence-electron chi connectivity index (χ3n) is 5.84. The number of hydrogen-bond acceptors (Lipinski definition) is 4. The summed E-state index contributed by atoms with van der Waals surface area (Å²) in [4.78, 5) is 51.7. The molecule has 0 radical (unpaired) electrons. The van der Waals surface area contributed by atoms with Crippen LogP contribution in [0.5, 0.6) is 0 Å². The third-order valence-corrected chi connectivity index (χ3v) is 5.84. The van der Waals surface area contributed by atoms with Gasteiger partial charge >= 0.3 is 17.8 Å². The van der Waals surface area contributed by atoms with Crippen molar-refractivity contribution in [2.24, 2.45) is 5.92 Å². The number of hydrogen-bond donors (Lipinski definition) is 1. The highest BCUT2D eigenvalue weighted by atomic mass is 16.2. The van der Waals surface area contributed by atoms with Gasteiger partial charge in [-0.2, -0.15) is 0 Å². The molecular formula is C22H29N3O4. The van der Waals surface area contributed by atoms with Crippen molar-refractivity contribution < 1.29 is 19.2 Å². The Kier molecular flexibility index (Phi) is 6.67. The molecule has 0 aromatic heterocycles. The van der Waals surface area contributed by atoms with Gasteiger partial charge in [0.2, 0.25) is 5.91 Å². The largest absolute Gasteiger partial charge is 0.334 e. The molecule has 7 heteroatoms. The van der Waals surface area contributed by atoms with Crippen molar-refractivity contribution in [1.82, 2.24) is 9.80 Å². The predicted octanol–water partition coefficient (Wildman–Crippen LogP) is 3.34. The Hall–Kier alpha value is -2.70. The molecule has 0 spiro atoms. The fraction of sp³-hybridized carbons (Fsp3) is 0.545. The van der Waals surface area contributed by atoms with Crippen LogP contribution >= 0.6 is 0 Å². The van der Waals surface area contributed by atoms with Crippen LogP contribution in [0.3, 0.4) is 0 Å². The second-order valence-electron chi connectivity index (χ2n) is 8.03. The van der Waals surface area contributed by atoms with Gasteiger partial charge in [-0.1, -0.05) is 45.2 Å². The Labute approximate surface area is 171 Å². The average molecular weight is 399 g/mol. The molecule has 1 saturated heterocycles. The molecule has 2 aliphatic rings. The Morgan fingerprint density at radius 1 is 1.07 bits per heavy atom. The van der Waals surface area contributed by atoms with Gasteiger partial charge in [-0.05, 0) is 49.3 Å². The molecular weight excluding hydrogens is 370 g/mol. The van der Waals surface area contributed by atoms with Crippen LogP contribution in [0.2, 0.25) is 0 Å². The van der Waals surface area contributed by atoms with Gasteiger partial charge in [0, 0.05) is 11.7 Å². The normalized spacial score (nSPS) is 22.3. The van der Waals surface area contributed by atoms with Crippen molar-refractivity contribution in [3.05, 3.63) is 29.8 Å². The van der Waals surface area contributed by atoms with E-state index < -0.39 is 30.3 Å². The smallest absolute Gasteiger partial charge is 0.325 e. The summed E-state index contributed by atoms with van der Waals surface area (Å²) in [6.07, 6.45) is 6.82. The molecule has 3 rings (SSSR count). The number of carbonyl (C=O) groups excluding carboxylic acids is 4. The summed E-state index contributed by atoms with van der Waals surface area (Å²) in [7, 11) is 0. The van der Waals surface area contributed by atoms with Gasteiger partial charge < -0.3 is 5.32 Å². The minimum absolute atomic E-state index is 0.157. The lowest BCUT2D eigenvalue weighted by Crippen LogP contribution is -2.46. The van der Waals surface area contributed by atoms with E-state index in [9.17, 15) is 19.2 Å². The van der Waals surface area contributed by atoms with Gasteiger partial charge in [-0.25, -0.2) is 9.69 Å². The fourth-order valence-electron chi connectivity index (χ4n) is 4.11. The highest BCUT2D eigenvalue weighted by Crippen LogP contribution is 2.31. The van der Waals surface area contributed by atoms with Gasteiger partial charge in [-0.15, -0.1) is 0 Å². The molecule has 7 nitrogen and oxygen atoms in total. The van der Waals surface area contributed by atoms with E-state index in [-0.39, 0.29) is 12.0 Å². The van der Waals surface area contributed by atoms with E-state index in [4.69, 9.17) is 0 Å². The first kappa shape index (κ1) is 21.0. The lowest BCUT2D eigenvalue weighted by Gasteiger charge is -2.34. The van der Waals surface area contributed by atoms with E-state index in [1.165, 1.54) is 5.56 Å². The Morgan fingerprint density at radius 3 is 2.41 bits per heavy atom. The van der Waals surface area contributed by atoms with Crippen molar-refractivity contribution in [1.29, 1.82) is 0 Å². The summed E-state index contributed by atoms with van der Waals surface area (Å²) in [5.74, 6) is -2.08. The second kappa shape index (κ2) is 9.20. The summed E-state index contributed by atoms with van der Waals surface area (Å²) in [6, 6.07) is 6.57. The zero-order valence-corrected chi connectivity index (χ0v) is 17.1. The van der Waals surface area contributed by atoms with Crippen LogP contribution in [-0.2, 0) is 20.8 Å². The maximum absolute atomic E-state index is 12.7. The molecule has 5 amide bonds. The van der Waals surface area contributed by atoms with Gasteiger partial charge in [0.1, 0.15) is 6.54 Å². The maximum atomic E-state index is 12.7. The average Bonchev–Trinajstić information content (AvgIpc) is 2.91.